The maximum Gasteiger partial charge on any atom is 0.407 e. The van der Waals surface area contributed by atoms with E-state index in [0.717, 1.165) is 5.56 Å². The fraction of sp³-hybridized carbons (Fsp3) is 0.500. The second kappa shape index (κ2) is 12.6. The molecule has 0 aliphatic carbocycles. The Morgan fingerprint density at radius 3 is 1.94 bits per heavy atom. The fourth-order valence-corrected chi connectivity index (χ4v) is 2.91. The summed E-state index contributed by atoms with van der Waals surface area (Å²) in [4.78, 5) is 49.7. The van der Waals surface area contributed by atoms with Crippen molar-refractivity contribution >= 4 is 29.5 Å². The van der Waals surface area contributed by atoms with Crippen molar-refractivity contribution < 1.29 is 33.4 Å². The van der Waals surface area contributed by atoms with Gasteiger partial charge < -0.3 is 24.8 Å². The standard InChI is InChI=1S/C24H34N2O7/c1-7-31-20(28)24(26-17(3)27,21(29)32-8-2)15-14-19(18-12-10-9-11-13-18)16-25-22(30)33-23(4,5)6/h9-14H,7-8,15-16H2,1-6H3,(H,25,30)(H,26,27)/b19-14+. The van der Waals surface area contributed by atoms with Crippen molar-refractivity contribution in [1.82, 2.24) is 10.6 Å². The summed E-state index contributed by atoms with van der Waals surface area (Å²) >= 11 is 0. The average molecular weight is 463 g/mol. The van der Waals surface area contributed by atoms with Gasteiger partial charge in [0.25, 0.3) is 0 Å². The van der Waals surface area contributed by atoms with E-state index in [0.29, 0.717) is 5.57 Å². The summed E-state index contributed by atoms with van der Waals surface area (Å²) in [6.07, 6.45) is 0.731. The molecule has 0 heterocycles. The molecule has 1 aromatic carbocycles. The lowest BCUT2D eigenvalue weighted by Crippen LogP contribution is -2.60. The van der Waals surface area contributed by atoms with E-state index >= 15 is 0 Å². The van der Waals surface area contributed by atoms with Gasteiger partial charge in [-0.15, -0.1) is 0 Å². The van der Waals surface area contributed by atoms with Crippen molar-refractivity contribution in [1.29, 1.82) is 0 Å². The van der Waals surface area contributed by atoms with Gasteiger partial charge in [-0.3, -0.25) is 4.79 Å². The zero-order chi connectivity index (χ0) is 25.1. The number of benzene rings is 1. The van der Waals surface area contributed by atoms with Crippen LogP contribution in [0.4, 0.5) is 4.79 Å². The Bertz CT molecular complexity index is 839. The number of rotatable bonds is 10. The minimum absolute atomic E-state index is 0.00896. The topological polar surface area (TPSA) is 120 Å². The number of carbonyl (C=O) groups is 4. The second-order valence-electron chi connectivity index (χ2n) is 8.18. The van der Waals surface area contributed by atoms with Gasteiger partial charge >= 0.3 is 18.0 Å². The Hall–Kier alpha value is -3.36. The molecule has 9 heteroatoms. The van der Waals surface area contributed by atoms with Gasteiger partial charge in [0.05, 0.1) is 13.2 Å². The van der Waals surface area contributed by atoms with Crippen molar-refractivity contribution in [2.45, 2.75) is 59.1 Å². The van der Waals surface area contributed by atoms with Crippen LogP contribution >= 0.6 is 0 Å². The lowest BCUT2D eigenvalue weighted by atomic mass is 9.92. The first-order valence-corrected chi connectivity index (χ1v) is 10.8. The highest BCUT2D eigenvalue weighted by Crippen LogP contribution is 2.22. The number of esters is 2. The zero-order valence-corrected chi connectivity index (χ0v) is 20.2. The molecule has 0 unspecified atom stereocenters. The number of alkyl carbamates (subject to hydrolysis) is 1. The molecule has 2 amide bonds. The van der Waals surface area contributed by atoms with Crippen molar-refractivity contribution in [3.8, 4) is 0 Å². The number of ether oxygens (including phenoxy) is 3. The maximum atomic E-state index is 12.8. The van der Waals surface area contributed by atoms with Crippen LogP contribution in [0, 0.1) is 0 Å². The lowest BCUT2D eigenvalue weighted by Gasteiger charge is -2.29. The van der Waals surface area contributed by atoms with Crippen LogP contribution in [-0.2, 0) is 28.6 Å². The number of nitrogens with one attached hydrogen (secondary N) is 2. The number of hydrogen-bond acceptors (Lipinski definition) is 7. The quantitative estimate of drug-likeness (QED) is 0.312. The highest BCUT2D eigenvalue weighted by atomic mass is 16.6. The summed E-state index contributed by atoms with van der Waals surface area (Å²) in [6.45, 7) is 9.71. The van der Waals surface area contributed by atoms with Crippen molar-refractivity contribution in [3.63, 3.8) is 0 Å². The summed E-state index contributed by atoms with van der Waals surface area (Å²) in [6, 6.07) is 9.10. The number of hydrogen-bond donors (Lipinski definition) is 2. The fourth-order valence-electron chi connectivity index (χ4n) is 2.91. The minimum Gasteiger partial charge on any atom is -0.464 e. The lowest BCUT2D eigenvalue weighted by molar-refractivity contribution is -0.167. The van der Waals surface area contributed by atoms with Crippen LogP contribution < -0.4 is 10.6 Å². The summed E-state index contributed by atoms with van der Waals surface area (Å²) in [5.41, 5.74) is -1.39. The number of amides is 2. The molecule has 0 fully saturated rings. The predicted molar refractivity (Wildman–Crippen MR) is 123 cm³/mol. The molecule has 33 heavy (non-hydrogen) atoms. The summed E-state index contributed by atoms with van der Waals surface area (Å²) in [5, 5.41) is 5.10. The van der Waals surface area contributed by atoms with E-state index in [4.69, 9.17) is 14.2 Å². The first-order valence-electron chi connectivity index (χ1n) is 10.8. The van der Waals surface area contributed by atoms with Gasteiger partial charge in [0.15, 0.2) is 0 Å². The molecular formula is C24H34N2O7. The summed E-state index contributed by atoms with van der Waals surface area (Å²) < 4.78 is 15.5. The molecule has 0 aromatic heterocycles. The Kier molecular flexibility index (Phi) is 10.6. The molecule has 0 spiro atoms. The molecule has 1 rings (SSSR count). The van der Waals surface area contributed by atoms with Gasteiger partial charge in [-0.2, -0.15) is 0 Å². The number of carbonyl (C=O) groups excluding carboxylic acids is 4. The van der Waals surface area contributed by atoms with E-state index in [1.54, 1.807) is 40.7 Å². The molecule has 0 saturated heterocycles. The van der Waals surface area contributed by atoms with Crippen LogP contribution in [0.25, 0.3) is 5.57 Å². The molecule has 0 saturated carbocycles. The van der Waals surface area contributed by atoms with Crippen LogP contribution in [0.1, 0.15) is 53.5 Å². The van der Waals surface area contributed by atoms with Gasteiger partial charge in [-0.25, -0.2) is 14.4 Å². The summed E-state index contributed by atoms with van der Waals surface area (Å²) in [5.74, 6) is -2.46. The molecule has 0 atom stereocenters. The average Bonchev–Trinajstić information content (AvgIpc) is 2.72. The van der Waals surface area contributed by atoms with Crippen molar-refractivity contribution in [2.75, 3.05) is 19.8 Å². The van der Waals surface area contributed by atoms with E-state index < -0.39 is 35.1 Å². The first kappa shape index (κ1) is 27.7. The van der Waals surface area contributed by atoms with E-state index in [-0.39, 0.29) is 26.2 Å². The molecule has 0 aliphatic rings. The van der Waals surface area contributed by atoms with Crippen LogP contribution in [0.3, 0.4) is 0 Å². The third-order valence-electron chi connectivity index (χ3n) is 4.26. The highest BCUT2D eigenvalue weighted by Gasteiger charge is 2.49. The Morgan fingerprint density at radius 2 is 1.48 bits per heavy atom. The third-order valence-corrected chi connectivity index (χ3v) is 4.26. The van der Waals surface area contributed by atoms with Crippen LogP contribution in [0.2, 0.25) is 0 Å². The zero-order valence-electron chi connectivity index (χ0n) is 20.2. The van der Waals surface area contributed by atoms with Crippen molar-refractivity contribution in [3.05, 3.63) is 42.0 Å². The normalized spacial score (nSPS) is 11.9. The molecule has 0 bridgehead atoms. The molecule has 182 valence electrons. The molecule has 0 aliphatic heterocycles. The van der Waals surface area contributed by atoms with Gasteiger partial charge in [-0.1, -0.05) is 36.4 Å². The summed E-state index contributed by atoms with van der Waals surface area (Å²) in [7, 11) is 0. The first-order chi connectivity index (χ1) is 15.4. The second-order valence-corrected chi connectivity index (χ2v) is 8.18. The molecule has 0 radical (unpaired) electrons. The van der Waals surface area contributed by atoms with E-state index in [2.05, 4.69) is 10.6 Å². The third kappa shape index (κ3) is 8.96. The van der Waals surface area contributed by atoms with Crippen molar-refractivity contribution in [2.24, 2.45) is 0 Å². The monoisotopic (exact) mass is 462 g/mol. The molecular weight excluding hydrogens is 428 g/mol. The Morgan fingerprint density at radius 1 is 0.939 bits per heavy atom. The van der Waals surface area contributed by atoms with Gasteiger partial charge in [-0.05, 0) is 45.8 Å². The minimum atomic E-state index is -2.07. The highest BCUT2D eigenvalue weighted by molar-refractivity contribution is 6.08. The van der Waals surface area contributed by atoms with Gasteiger partial charge in [0.2, 0.25) is 11.4 Å². The molecule has 1 aromatic rings. The van der Waals surface area contributed by atoms with Gasteiger partial charge in [0, 0.05) is 19.9 Å². The van der Waals surface area contributed by atoms with Crippen LogP contribution in [0.15, 0.2) is 36.4 Å². The Balaban J connectivity index is 3.36. The Labute approximate surface area is 194 Å². The van der Waals surface area contributed by atoms with E-state index in [9.17, 15) is 19.2 Å². The van der Waals surface area contributed by atoms with Crippen LogP contribution in [-0.4, -0.2) is 54.8 Å². The van der Waals surface area contributed by atoms with E-state index in [1.807, 2.05) is 30.3 Å². The molecule has 9 nitrogen and oxygen atoms in total. The predicted octanol–water partition coefficient (Wildman–Crippen LogP) is 2.99. The molecule has 2 N–H and O–H groups in total. The van der Waals surface area contributed by atoms with E-state index in [1.165, 1.54) is 6.92 Å². The van der Waals surface area contributed by atoms with Crippen LogP contribution in [0.5, 0.6) is 0 Å². The smallest absolute Gasteiger partial charge is 0.407 e. The maximum absolute atomic E-state index is 12.8. The largest absolute Gasteiger partial charge is 0.464 e. The SMILES string of the molecule is CCOC(=O)C(C/C=C(\CNC(=O)OC(C)(C)C)c1ccccc1)(NC(C)=O)C(=O)OCC. The van der Waals surface area contributed by atoms with Gasteiger partial charge in [0.1, 0.15) is 5.60 Å².